The summed E-state index contributed by atoms with van der Waals surface area (Å²) in [5.41, 5.74) is 5.24. The van der Waals surface area contributed by atoms with Crippen LogP contribution in [0.15, 0.2) is 36.8 Å². The van der Waals surface area contributed by atoms with E-state index in [0.717, 1.165) is 32.5 Å². The minimum atomic E-state index is 0.502. The Bertz CT molecular complexity index is 625. The van der Waals surface area contributed by atoms with Gasteiger partial charge in [-0.15, -0.1) is 0 Å². The lowest BCUT2D eigenvalue weighted by Crippen LogP contribution is -2.37. The van der Waals surface area contributed by atoms with Crippen LogP contribution in [-0.4, -0.2) is 28.0 Å². The average molecular weight is 266 g/mol. The van der Waals surface area contributed by atoms with Crippen molar-refractivity contribution in [3.05, 3.63) is 53.6 Å². The largest absolute Gasteiger partial charge is 0.383 e. The van der Waals surface area contributed by atoms with E-state index in [2.05, 4.69) is 32.3 Å². The molecule has 4 rings (SSSR count). The summed E-state index contributed by atoms with van der Waals surface area (Å²) in [5.74, 6) is 0. The predicted molar refractivity (Wildman–Crippen MR) is 78.4 cm³/mol. The first-order valence-electron chi connectivity index (χ1n) is 7.26. The molecule has 2 aromatic rings. The molecule has 2 aliphatic rings. The molecule has 4 nitrogen and oxygen atoms in total. The summed E-state index contributed by atoms with van der Waals surface area (Å²) in [6, 6.07) is 6.92. The highest BCUT2D eigenvalue weighted by Gasteiger charge is 2.28. The Balaban J connectivity index is 1.64. The van der Waals surface area contributed by atoms with Gasteiger partial charge in [0.25, 0.3) is 0 Å². The SMILES string of the molecule is c1cnc2c(c1)CN(C1CCNc3cnccc31)CC2. The second-order valence-electron chi connectivity index (χ2n) is 5.52. The molecule has 0 radical (unpaired) electrons. The van der Waals surface area contributed by atoms with Gasteiger partial charge in [0.05, 0.1) is 11.9 Å². The minimum Gasteiger partial charge on any atom is -0.383 e. The third-order valence-electron chi connectivity index (χ3n) is 4.38. The van der Waals surface area contributed by atoms with Crippen LogP contribution in [0, 0.1) is 0 Å². The molecular weight excluding hydrogens is 248 g/mol. The van der Waals surface area contributed by atoms with E-state index < -0.39 is 0 Å². The first-order valence-corrected chi connectivity index (χ1v) is 7.26. The molecule has 0 aliphatic carbocycles. The van der Waals surface area contributed by atoms with E-state index in [4.69, 9.17) is 0 Å². The predicted octanol–water partition coefficient (Wildman–Crippen LogP) is 2.39. The minimum absolute atomic E-state index is 0.502. The van der Waals surface area contributed by atoms with E-state index in [1.165, 1.54) is 22.5 Å². The fourth-order valence-electron chi connectivity index (χ4n) is 3.38. The van der Waals surface area contributed by atoms with Gasteiger partial charge in [-0.2, -0.15) is 0 Å². The van der Waals surface area contributed by atoms with E-state index in [0.29, 0.717) is 6.04 Å². The third kappa shape index (κ3) is 1.96. The van der Waals surface area contributed by atoms with Crippen molar-refractivity contribution in [1.82, 2.24) is 14.9 Å². The molecule has 1 N–H and O–H groups in total. The van der Waals surface area contributed by atoms with Crippen molar-refractivity contribution in [1.29, 1.82) is 0 Å². The maximum Gasteiger partial charge on any atom is 0.0575 e. The summed E-state index contributed by atoms with van der Waals surface area (Å²) in [6.07, 6.45) is 7.96. The Morgan fingerprint density at radius 1 is 1.25 bits per heavy atom. The number of pyridine rings is 2. The number of anilines is 1. The van der Waals surface area contributed by atoms with Crippen LogP contribution in [-0.2, 0) is 13.0 Å². The lowest BCUT2D eigenvalue weighted by molar-refractivity contribution is 0.169. The highest BCUT2D eigenvalue weighted by molar-refractivity contribution is 5.52. The monoisotopic (exact) mass is 266 g/mol. The smallest absolute Gasteiger partial charge is 0.0575 e. The van der Waals surface area contributed by atoms with Gasteiger partial charge < -0.3 is 5.32 Å². The van der Waals surface area contributed by atoms with Gasteiger partial charge in [-0.1, -0.05) is 6.07 Å². The van der Waals surface area contributed by atoms with Crippen LogP contribution in [0.2, 0.25) is 0 Å². The molecule has 2 aromatic heterocycles. The van der Waals surface area contributed by atoms with E-state index >= 15 is 0 Å². The Kier molecular flexibility index (Phi) is 2.89. The standard InChI is InChI=1S/C16H18N4/c1-2-12-11-20(9-5-14(12)18-6-1)16-4-8-19-15-10-17-7-3-13(15)16/h1-3,6-7,10,16,19H,4-5,8-9,11H2. The lowest BCUT2D eigenvalue weighted by Gasteiger charge is -2.38. The molecular formula is C16H18N4. The van der Waals surface area contributed by atoms with Gasteiger partial charge in [0.2, 0.25) is 0 Å². The van der Waals surface area contributed by atoms with E-state index in [1.54, 1.807) is 0 Å². The second kappa shape index (κ2) is 4.87. The zero-order valence-electron chi connectivity index (χ0n) is 11.4. The number of fused-ring (bicyclic) bond motifs is 2. The van der Waals surface area contributed by atoms with E-state index in [9.17, 15) is 0 Å². The molecule has 0 saturated heterocycles. The number of rotatable bonds is 1. The van der Waals surface area contributed by atoms with Gasteiger partial charge in [0, 0.05) is 50.2 Å². The first-order chi connectivity index (χ1) is 9.92. The highest BCUT2D eigenvalue weighted by atomic mass is 15.2. The summed E-state index contributed by atoms with van der Waals surface area (Å²) in [5, 5.41) is 3.45. The Hall–Kier alpha value is -1.94. The van der Waals surface area contributed by atoms with Crippen LogP contribution < -0.4 is 5.32 Å². The molecule has 1 unspecified atom stereocenters. The normalized spacial score (nSPS) is 21.7. The molecule has 0 fully saturated rings. The lowest BCUT2D eigenvalue weighted by atomic mass is 9.95. The van der Waals surface area contributed by atoms with Crippen LogP contribution in [0.1, 0.15) is 29.3 Å². The summed E-state index contributed by atoms with van der Waals surface area (Å²) in [7, 11) is 0. The van der Waals surface area contributed by atoms with Crippen molar-refractivity contribution in [3.8, 4) is 0 Å². The molecule has 1 atom stereocenters. The molecule has 4 heteroatoms. The zero-order valence-corrected chi connectivity index (χ0v) is 11.4. The molecule has 0 bridgehead atoms. The molecule has 20 heavy (non-hydrogen) atoms. The molecule has 4 heterocycles. The Morgan fingerprint density at radius 2 is 2.25 bits per heavy atom. The van der Waals surface area contributed by atoms with E-state index in [-0.39, 0.29) is 0 Å². The maximum atomic E-state index is 4.49. The summed E-state index contributed by atoms with van der Waals surface area (Å²) in [4.78, 5) is 11.3. The summed E-state index contributed by atoms with van der Waals surface area (Å²) in [6.45, 7) is 3.13. The second-order valence-corrected chi connectivity index (χ2v) is 5.52. The summed E-state index contributed by atoms with van der Waals surface area (Å²) < 4.78 is 0. The van der Waals surface area contributed by atoms with Crippen molar-refractivity contribution < 1.29 is 0 Å². The highest BCUT2D eigenvalue weighted by Crippen LogP contribution is 2.35. The Morgan fingerprint density at radius 3 is 3.25 bits per heavy atom. The molecule has 102 valence electrons. The van der Waals surface area contributed by atoms with Gasteiger partial charge in [0.15, 0.2) is 0 Å². The quantitative estimate of drug-likeness (QED) is 0.860. The van der Waals surface area contributed by atoms with Crippen LogP contribution in [0.3, 0.4) is 0 Å². The van der Waals surface area contributed by atoms with Crippen LogP contribution in [0.25, 0.3) is 0 Å². The van der Waals surface area contributed by atoms with Crippen LogP contribution in [0.4, 0.5) is 5.69 Å². The van der Waals surface area contributed by atoms with Crippen molar-refractivity contribution in [3.63, 3.8) is 0 Å². The Labute approximate surface area is 118 Å². The number of nitrogens with one attached hydrogen (secondary N) is 1. The van der Waals surface area contributed by atoms with Gasteiger partial charge in [-0.3, -0.25) is 14.9 Å². The van der Waals surface area contributed by atoms with E-state index in [1.807, 2.05) is 24.7 Å². The molecule has 2 aliphatic heterocycles. The average Bonchev–Trinajstić information content (AvgIpc) is 2.54. The van der Waals surface area contributed by atoms with Gasteiger partial charge in [0.1, 0.15) is 0 Å². The molecule has 0 aromatic carbocycles. The molecule has 0 spiro atoms. The molecule has 0 amide bonds. The molecule has 0 saturated carbocycles. The van der Waals surface area contributed by atoms with Gasteiger partial charge in [-0.05, 0) is 29.7 Å². The number of aromatic nitrogens is 2. The first kappa shape index (κ1) is 11.9. The number of nitrogens with zero attached hydrogens (tertiary/aromatic N) is 3. The third-order valence-corrected chi connectivity index (χ3v) is 4.38. The van der Waals surface area contributed by atoms with Crippen molar-refractivity contribution in [2.24, 2.45) is 0 Å². The fraction of sp³-hybridized carbons (Fsp3) is 0.375. The van der Waals surface area contributed by atoms with Gasteiger partial charge in [-0.25, -0.2) is 0 Å². The number of hydrogen-bond acceptors (Lipinski definition) is 4. The van der Waals surface area contributed by atoms with Crippen LogP contribution in [0.5, 0.6) is 0 Å². The fourth-order valence-corrected chi connectivity index (χ4v) is 3.38. The van der Waals surface area contributed by atoms with Crippen molar-refractivity contribution >= 4 is 5.69 Å². The topological polar surface area (TPSA) is 41.1 Å². The maximum absolute atomic E-state index is 4.49. The number of hydrogen-bond donors (Lipinski definition) is 1. The van der Waals surface area contributed by atoms with Gasteiger partial charge >= 0.3 is 0 Å². The van der Waals surface area contributed by atoms with Crippen LogP contribution >= 0.6 is 0 Å². The summed E-state index contributed by atoms with van der Waals surface area (Å²) >= 11 is 0. The van der Waals surface area contributed by atoms with Crippen molar-refractivity contribution in [2.75, 3.05) is 18.4 Å². The van der Waals surface area contributed by atoms with Crippen molar-refractivity contribution in [2.45, 2.75) is 25.4 Å². The zero-order chi connectivity index (χ0) is 13.4.